The molecule has 0 amide bonds. The zero-order valence-corrected chi connectivity index (χ0v) is 39.2. The van der Waals surface area contributed by atoms with Gasteiger partial charge in [0, 0.05) is 55.9 Å². The van der Waals surface area contributed by atoms with Gasteiger partial charge in [-0.05, 0) is 126 Å². The molecule has 0 saturated heterocycles. The maximum Gasteiger partial charge on any atom is 0.149 e. The maximum atomic E-state index is 13.2. The molecule has 344 valence electrons. The monoisotopic (exact) mass is 911 g/mol. The van der Waals surface area contributed by atoms with E-state index in [4.69, 9.17) is 41.5 Å². The number of hydrogen-bond acceptors (Lipinski definition) is 3. The zero-order valence-electron chi connectivity index (χ0n) is 64.2. The number of nitrogens with zero attached hydrogens (tertiary/aromatic N) is 3. The van der Waals surface area contributed by atoms with Crippen LogP contribution in [0.15, 0.2) is 140 Å². The molecule has 0 atom stereocenters. The lowest BCUT2D eigenvalue weighted by atomic mass is 9.79. The van der Waals surface area contributed by atoms with E-state index in [0.717, 1.165) is 16.7 Å². The summed E-state index contributed by atoms with van der Waals surface area (Å²) in [6.45, 7) is -8.37. The molecule has 0 aliphatic carbocycles. The first-order chi connectivity index (χ1) is 41.6. The number of rotatable bonds is 7. The number of aromatic nitrogens is 3. The van der Waals surface area contributed by atoms with Gasteiger partial charge in [-0.15, -0.1) is 0 Å². The van der Waals surface area contributed by atoms with Crippen LogP contribution >= 0.6 is 0 Å². The third-order valence-electron chi connectivity index (χ3n) is 11.6. The molecule has 67 heavy (non-hydrogen) atoms. The number of hydrogen-bond donors (Lipinski definition) is 1. The number of aromatic hydroxyl groups is 1. The second-order valence-corrected chi connectivity index (χ2v) is 20.3. The van der Waals surface area contributed by atoms with Gasteiger partial charge in [-0.3, -0.25) is 9.55 Å². The molecule has 0 aliphatic rings. The van der Waals surface area contributed by atoms with Crippen molar-refractivity contribution in [2.75, 3.05) is 0 Å². The van der Waals surface area contributed by atoms with Crippen LogP contribution in [0.1, 0.15) is 166 Å². The van der Waals surface area contributed by atoms with Crippen LogP contribution in [0.3, 0.4) is 0 Å². The summed E-state index contributed by atoms with van der Waals surface area (Å²) in [4.78, 5) is 9.91. The van der Waals surface area contributed by atoms with Crippen molar-refractivity contribution in [2.24, 2.45) is 5.41 Å². The van der Waals surface area contributed by atoms with Crippen molar-refractivity contribution in [3.05, 3.63) is 167 Å². The van der Waals surface area contributed by atoms with Crippen LogP contribution in [0, 0.1) is 5.41 Å². The predicted molar refractivity (Wildman–Crippen MR) is 286 cm³/mol. The summed E-state index contributed by atoms with van der Waals surface area (Å²) >= 11 is 0. The van der Waals surface area contributed by atoms with Crippen LogP contribution in [0.4, 0.5) is 0 Å². The lowest BCUT2D eigenvalue weighted by Crippen LogP contribution is -2.17. The molecule has 0 saturated carbocycles. The maximum absolute atomic E-state index is 13.2. The first-order valence-corrected chi connectivity index (χ1v) is 22.0. The van der Waals surface area contributed by atoms with Gasteiger partial charge in [0.2, 0.25) is 0 Å². The number of phenolic OH excluding ortho intramolecular Hbond substituents is 1. The average Bonchev–Trinajstić information content (AvgIpc) is 0.796. The third kappa shape index (κ3) is 9.91. The Balaban J connectivity index is 1.62. The van der Waals surface area contributed by atoms with Crippen LogP contribution in [0.5, 0.6) is 5.75 Å². The molecule has 0 spiro atoms. The number of imidazole rings is 1. The molecule has 4 nitrogen and oxygen atoms in total. The molecule has 4 heteroatoms. The molecule has 0 fully saturated rings. The van der Waals surface area contributed by atoms with E-state index in [1.165, 1.54) is 22.8 Å². The van der Waals surface area contributed by atoms with Crippen LogP contribution in [0.25, 0.3) is 72.7 Å². The van der Waals surface area contributed by atoms with Gasteiger partial charge in [0.1, 0.15) is 11.6 Å². The zero-order chi connectivity index (χ0) is 69.6. The minimum Gasteiger partial charge on any atom is -0.507 e. The molecule has 0 bridgehead atoms. The Hall–Kier alpha value is -6.26. The Morgan fingerprint density at radius 2 is 1.22 bits per heavy atom. The molecule has 8 aromatic rings. The average molecular weight is 911 g/mol. The van der Waals surface area contributed by atoms with Gasteiger partial charge in [-0.1, -0.05) is 188 Å². The Kier molecular flexibility index (Phi) is 6.44. The normalized spacial score (nSPS) is 19.6. The highest BCUT2D eigenvalue weighted by atomic mass is 16.3. The van der Waals surface area contributed by atoms with Crippen LogP contribution in [-0.2, 0) is 28.0 Å². The van der Waals surface area contributed by atoms with E-state index in [0.29, 0.717) is 34.0 Å². The van der Waals surface area contributed by atoms with Crippen molar-refractivity contribution >= 4 is 11.0 Å². The molecular formula is C63H71N3O. The molecule has 6 aromatic carbocycles. The molecule has 1 N–H and O–H groups in total. The van der Waals surface area contributed by atoms with Crippen molar-refractivity contribution in [3.8, 4) is 67.5 Å². The van der Waals surface area contributed by atoms with Crippen molar-refractivity contribution in [1.29, 1.82) is 0 Å². The third-order valence-corrected chi connectivity index (χ3v) is 11.6. The van der Waals surface area contributed by atoms with Crippen LogP contribution < -0.4 is 0 Å². The minimum absolute atomic E-state index is 0.0190. The summed E-state index contributed by atoms with van der Waals surface area (Å²) < 4.78 is 223. The predicted octanol–water partition coefficient (Wildman–Crippen LogP) is 17.2. The van der Waals surface area contributed by atoms with Crippen molar-refractivity contribution in [3.63, 3.8) is 0 Å². The number of fused-ring (bicyclic) bond motifs is 1. The Labute approximate surface area is 436 Å². The fourth-order valence-corrected chi connectivity index (χ4v) is 8.16. The Bertz CT molecular complexity index is 4080. The first kappa shape index (κ1) is 25.2. The van der Waals surface area contributed by atoms with E-state index in [2.05, 4.69) is 0 Å². The first-order valence-electron chi connectivity index (χ1n) is 34.5. The van der Waals surface area contributed by atoms with Crippen LogP contribution in [0.2, 0.25) is 0 Å². The Morgan fingerprint density at radius 1 is 0.567 bits per heavy atom. The summed E-state index contributed by atoms with van der Waals surface area (Å²) in [5, 5.41) is 13.2. The smallest absolute Gasteiger partial charge is 0.149 e. The van der Waals surface area contributed by atoms with E-state index in [1.807, 2.05) is 92.6 Å². The van der Waals surface area contributed by atoms with Gasteiger partial charge in [0.25, 0.3) is 0 Å². The highest BCUT2D eigenvalue weighted by Crippen LogP contribution is 2.46. The van der Waals surface area contributed by atoms with E-state index >= 15 is 0 Å². The fraction of sp³-hybridized carbons (Fsp3) is 0.333. The van der Waals surface area contributed by atoms with Gasteiger partial charge in [-0.25, -0.2) is 4.98 Å². The van der Waals surface area contributed by atoms with Gasteiger partial charge in [0.05, 0.1) is 34.8 Å². The lowest BCUT2D eigenvalue weighted by molar-refractivity contribution is 0.411. The summed E-state index contributed by atoms with van der Waals surface area (Å²) in [5.41, 5.74) is -9.98. The van der Waals surface area contributed by atoms with Gasteiger partial charge >= 0.3 is 0 Å². The molecule has 2 heterocycles. The fourth-order valence-electron chi connectivity index (χ4n) is 8.16. The molecule has 0 aliphatic heterocycles. The quantitative estimate of drug-likeness (QED) is 0.173. The van der Waals surface area contributed by atoms with Gasteiger partial charge in [-0.2, -0.15) is 0 Å². The summed E-state index contributed by atoms with van der Waals surface area (Å²) in [7, 11) is 0. The van der Waals surface area contributed by atoms with Crippen molar-refractivity contribution < 1.29 is 39.4 Å². The van der Waals surface area contributed by atoms with E-state index < -0.39 is 133 Å². The van der Waals surface area contributed by atoms with E-state index in [1.54, 1.807) is 48.7 Å². The standard InChI is InChI=1S/C63H71N3O/c1-59(2,3)39-40-24-26-41(27-25-40)43-30-31-64-53(35-43)45-32-44(33-47(34-45)61(7,8)9)49-22-19-23-55-56(49)65-58(51-37-48(62(10,11)12)38-52(57(51)67)63(13,14)15)66(55)54-29-28-46(60(4,5)6)36-50(54)42-20-17-16-18-21-42/h16-38,67H,39H2,1-15H3/i10D3,11D3,12D3,13D3,14D3,15D3,16D,17D,18D,20D,21D,39D2. The summed E-state index contributed by atoms with van der Waals surface area (Å²) in [6, 6.07) is 22.9. The van der Waals surface area contributed by atoms with Crippen molar-refractivity contribution in [2.45, 2.75) is 131 Å². The second kappa shape index (κ2) is 17.1. The van der Waals surface area contributed by atoms with E-state index in [9.17, 15) is 7.85 Å². The largest absolute Gasteiger partial charge is 0.507 e. The Morgan fingerprint density at radius 3 is 1.88 bits per heavy atom. The van der Waals surface area contributed by atoms with Gasteiger partial charge < -0.3 is 5.11 Å². The van der Waals surface area contributed by atoms with Crippen molar-refractivity contribution in [1.82, 2.24) is 14.5 Å². The summed E-state index contributed by atoms with van der Waals surface area (Å²) in [5.74, 6) is -2.19. The number of phenols is 1. The SMILES string of the molecule is [2H]c1c([2H])c([2H])c(-c2cc(C(C)(C)C)ccc2-n2c(-c3cc(C(C([2H])([2H])[2H])(C([2H])([2H])[2H])C([2H])([2H])[2H])cc(C(C([2H])([2H])[2H])(C([2H])([2H])[2H])C([2H])([2H])[2H])c3O)nc3c(-c4cc(-c5cc(-c6ccc(C([2H])([2H])C(C)(C)C)cc6)ccn5)cc(C(C)(C)C)c4)cccc32)c([2H])c1[2H]. The minimum atomic E-state index is -4.28. The number of para-hydroxylation sites is 1. The molecular weight excluding hydrogens is 815 g/mol. The van der Waals surface area contributed by atoms with Crippen LogP contribution in [-0.4, -0.2) is 19.6 Å². The second-order valence-electron chi connectivity index (χ2n) is 20.3. The van der Waals surface area contributed by atoms with Gasteiger partial charge in [0.15, 0.2) is 0 Å². The molecule has 0 radical (unpaired) electrons. The highest BCUT2D eigenvalue weighted by Gasteiger charge is 2.30. The molecule has 2 aromatic heterocycles. The number of pyridine rings is 1. The topological polar surface area (TPSA) is 50.9 Å². The molecule has 0 unspecified atom stereocenters. The molecule has 8 rings (SSSR count). The lowest BCUT2D eigenvalue weighted by Gasteiger charge is -2.28. The number of benzene rings is 6. The van der Waals surface area contributed by atoms with E-state index in [-0.39, 0.29) is 39.5 Å². The highest BCUT2D eigenvalue weighted by molar-refractivity contribution is 5.98. The summed E-state index contributed by atoms with van der Waals surface area (Å²) in [6.07, 6.45) is -0.0400.